The van der Waals surface area contributed by atoms with Crippen molar-refractivity contribution in [1.82, 2.24) is 20.4 Å². The number of hydrogen-bond donors (Lipinski definition) is 3. The highest BCUT2D eigenvalue weighted by atomic mass is 127. The number of halogens is 1. The second-order valence-corrected chi connectivity index (χ2v) is 6.63. The second kappa shape index (κ2) is 11.0. The first-order chi connectivity index (χ1) is 11.6. The van der Waals surface area contributed by atoms with Gasteiger partial charge in [-0.1, -0.05) is 0 Å². The average molecular weight is 465 g/mol. The lowest BCUT2D eigenvalue weighted by molar-refractivity contribution is 0.127. The van der Waals surface area contributed by atoms with Gasteiger partial charge in [0.15, 0.2) is 5.96 Å². The third-order valence-electron chi connectivity index (χ3n) is 4.62. The van der Waals surface area contributed by atoms with Crippen molar-refractivity contribution in [2.24, 2.45) is 10.4 Å². The number of aryl methyl sites for hydroxylation is 3. The molecule has 0 amide bonds. The SMILES string of the molecule is CN=C(NCCCn1nc(C)cc1C)NCC1(CCO)CCOC1.I. The Labute approximate surface area is 167 Å². The molecule has 3 N–H and O–H groups in total. The normalized spacial score (nSPS) is 20.4. The summed E-state index contributed by atoms with van der Waals surface area (Å²) in [5, 5.41) is 20.5. The molecule has 1 saturated heterocycles. The number of aliphatic imine (C=N–C) groups is 1. The van der Waals surface area contributed by atoms with E-state index >= 15 is 0 Å². The molecule has 1 aromatic rings. The van der Waals surface area contributed by atoms with E-state index in [0.717, 1.165) is 57.2 Å². The zero-order valence-corrected chi connectivity index (χ0v) is 17.9. The van der Waals surface area contributed by atoms with Crippen LogP contribution in [0.15, 0.2) is 11.1 Å². The molecule has 0 radical (unpaired) electrons. The number of nitrogens with zero attached hydrogens (tertiary/aromatic N) is 3. The number of aliphatic hydroxyl groups is 1. The van der Waals surface area contributed by atoms with Crippen LogP contribution in [0.4, 0.5) is 0 Å². The van der Waals surface area contributed by atoms with Crippen molar-refractivity contribution in [2.75, 3.05) is 40.0 Å². The van der Waals surface area contributed by atoms with Gasteiger partial charge in [0.25, 0.3) is 0 Å². The first-order valence-corrected chi connectivity index (χ1v) is 8.73. The van der Waals surface area contributed by atoms with E-state index in [1.807, 2.05) is 11.6 Å². The quantitative estimate of drug-likeness (QED) is 0.234. The Hall–Kier alpha value is -0.870. The topological polar surface area (TPSA) is 83.7 Å². The van der Waals surface area contributed by atoms with E-state index in [2.05, 4.69) is 33.7 Å². The Morgan fingerprint density at radius 2 is 2.24 bits per heavy atom. The third kappa shape index (κ3) is 6.74. The molecule has 2 rings (SSSR count). The molecule has 1 aliphatic rings. The molecule has 1 aromatic heterocycles. The van der Waals surface area contributed by atoms with Crippen LogP contribution < -0.4 is 10.6 Å². The van der Waals surface area contributed by atoms with Crippen LogP contribution in [0.1, 0.15) is 30.7 Å². The first-order valence-electron chi connectivity index (χ1n) is 8.73. The average Bonchev–Trinajstić information content (AvgIpc) is 3.14. The predicted molar refractivity (Wildman–Crippen MR) is 111 cm³/mol. The highest BCUT2D eigenvalue weighted by molar-refractivity contribution is 14.0. The Morgan fingerprint density at radius 3 is 2.80 bits per heavy atom. The van der Waals surface area contributed by atoms with Gasteiger partial charge in [0.05, 0.1) is 12.3 Å². The van der Waals surface area contributed by atoms with E-state index in [0.29, 0.717) is 6.61 Å². The largest absolute Gasteiger partial charge is 0.396 e. The number of ether oxygens (including phenoxy) is 1. The number of aromatic nitrogens is 2. The fraction of sp³-hybridized carbons (Fsp3) is 0.765. The number of nitrogens with one attached hydrogen (secondary N) is 2. The molecule has 0 aromatic carbocycles. The highest BCUT2D eigenvalue weighted by Crippen LogP contribution is 2.31. The van der Waals surface area contributed by atoms with E-state index in [4.69, 9.17) is 4.74 Å². The maximum absolute atomic E-state index is 9.28. The van der Waals surface area contributed by atoms with Gasteiger partial charge in [0, 0.05) is 51.0 Å². The molecular formula is C17H32IN5O2. The van der Waals surface area contributed by atoms with E-state index in [1.54, 1.807) is 7.05 Å². The van der Waals surface area contributed by atoms with Gasteiger partial charge in [0.1, 0.15) is 0 Å². The number of rotatable bonds is 8. The summed E-state index contributed by atoms with van der Waals surface area (Å²) in [7, 11) is 1.78. The molecule has 0 spiro atoms. The molecule has 2 heterocycles. The summed E-state index contributed by atoms with van der Waals surface area (Å²) in [6.07, 6.45) is 2.72. The molecule has 25 heavy (non-hydrogen) atoms. The molecular weight excluding hydrogens is 433 g/mol. The Bertz CT molecular complexity index is 541. The summed E-state index contributed by atoms with van der Waals surface area (Å²) in [6, 6.07) is 2.10. The minimum absolute atomic E-state index is 0. The molecule has 1 unspecified atom stereocenters. The van der Waals surface area contributed by atoms with E-state index < -0.39 is 0 Å². The molecule has 144 valence electrons. The van der Waals surface area contributed by atoms with E-state index in [9.17, 15) is 5.11 Å². The van der Waals surface area contributed by atoms with Gasteiger partial charge in [0.2, 0.25) is 0 Å². The maximum Gasteiger partial charge on any atom is 0.190 e. The molecule has 1 fully saturated rings. The molecule has 0 saturated carbocycles. The van der Waals surface area contributed by atoms with Gasteiger partial charge in [-0.3, -0.25) is 9.67 Å². The lowest BCUT2D eigenvalue weighted by atomic mass is 9.84. The lowest BCUT2D eigenvalue weighted by Gasteiger charge is -2.27. The number of hydrogen-bond acceptors (Lipinski definition) is 4. The smallest absolute Gasteiger partial charge is 0.190 e. The van der Waals surface area contributed by atoms with Crippen molar-refractivity contribution in [1.29, 1.82) is 0 Å². The van der Waals surface area contributed by atoms with Gasteiger partial charge in [-0.15, -0.1) is 24.0 Å². The van der Waals surface area contributed by atoms with Crippen molar-refractivity contribution in [3.05, 3.63) is 17.5 Å². The van der Waals surface area contributed by atoms with E-state index in [-0.39, 0.29) is 36.0 Å². The van der Waals surface area contributed by atoms with Crippen LogP contribution in [0.25, 0.3) is 0 Å². The Kier molecular flexibility index (Phi) is 9.73. The number of aliphatic hydroxyl groups excluding tert-OH is 1. The van der Waals surface area contributed by atoms with Crippen LogP contribution in [0.5, 0.6) is 0 Å². The lowest BCUT2D eigenvalue weighted by Crippen LogP contribution is -2.44. The van der Waals surface area contributed by atoms with Crippen molar-refractivity contribution in [2.45, 2.75) is 39.7 Å². The van der Waals surface area contributed by atoms with Crippen LogP contribution in [-0.2, 0) is 11.3 Å². The second-order valence-electron chi connectivity index (χ2n) is 6.63. The van der Waals surface area contributed by atoms with Crippen LogP contribution in [-0.4, -0.2) is 60.8 Å². The van der Waals surface area contributed by atoms with Crippen molar-refractivity contribution < 1.29 is 9.84 Å². The van der Waals surface area contributed by atoms with Crippen LogP contribution >= 0.6 is 24.0 Å². The predicted octanol–water partition coefficient (Wildman–Crippen LogP) is 1.46. The summed E-state index contributed by atoms with van der Waals surface area (Å²) in [6.45, 7) is 8.27. The molecule has 1 aliphatic heterocycles. The van der Waals surface area contributed by atoms with Gasteiger partial charge >= 0.3 is 0 Å². The first kappa shape index (κ1) is 22.2. The van der Waals surface area contributed by atoms with Crippen LogP contribution in [0.3, 0.4) is 0 Å². The molecule has 1 atom stereocenters. The van der Waals surface area contributed by atoms with Gasteiger partial charge in [-0.05, 0) is 39.2 Å². The summed E-state index contributed by atoms with van der Waals surface area (Å²) in [5.74, 6) is 0.799. The summed E-state index contributed by atoms with van der Waals surface area (Å²) >= 11 is 0. The Morgan fingerprint density at radius 1 is 1.44 bits per heavy atom. The summed E-state index contributed by atoms with van der Waals surface area (Å²) in [5.41, 5.74) is 2.28. The molecule has 0 aliphatic carbocycles. The van der Waals surface area contributed by atoms with Gasteiger partial charge < -0.3 is 20.5 Å². The maximum atomic E-state index is 9.28. The fourth-order valence-electron chi connectivity index (χ4n) is 3.14. The van der Waals surface area contributed by atoms with Gasteiger partial charge in [-0.2, -0.15) is 5.10 Å². The van der Waals surface area contributed by atoms with Crippen LogP contribution in [0, 0.1) is 19.3 Å². The highest BCUT2D eigenvalue weighted by Gasteiger charge is 2.34. The monoisotopic (exact) mass is 465 g/mol. The fourth-order valence-corrected chi connectivity index (χ4v) is 3.14. The minimum atomic E-state index is 0. The minimum Gasteiger partial charge on any atom is -0.396 e. The zero-order chi connectivity index (χ0) is 17.4. The molecule has 8 heteroatoms. The van der Waals surface area contributed by atoms with E-state index in [1.165, 1.54) is 5.69 Å². The standard InChI is InChI=1S/C17H31N5O2.HI/c1-14-11-15(2)22(21-14)8-4-7-19-16(18-3)20-12-17(5-9-23)6-10-24-13-17;/h11,23H,4-10,12-13H2,1-3H3,(H2,18,19,20);1H. The van der Waals surface area contributed by atoms with Gasteiger partial charge in [-0.25, -0.2) is 0 Å². The summed E-state index contributed by atoms with van der Waals surface area (Å²) < 4.78 is 7.56. The van der Waals surface area contributed by atoms with Crippen molar-refractivity contribution in [3.63, 3.8) is 0 Å². The molecule has 0 bridgehead atoms. The number of guanidine groups is 1. The molecule has 7 nitrogen and oxygen atoms in total. The third-order valence-corrected chi connectivity index (χ3v) is 4.62. The van der Waals surface area contributed by atoms with Crippen molar-refractivity contribution in [3.8, 4) is 0 Å². The Balaban J connectivity index is 0.00000312. The van der Waals surface area contributed by atoms with Crippen molar-refractivity contribution >= 4 is 29.9 Å². The summed E-state index contributed by atoms with van der Waals surface area (Å²) in [4.78, 5) is 4.28. The zero-order valence-electron chi connectivity index (χ0n) is 15.5. The van der Waals surface area contributed by atoms with Crippen LogP contribution in [0.2, 0.25) is 0 Å².